The minimum absolute atomic E-state index is 0.158. The third-order valence-electron chi connectivity index (χ3n) is 2.68. The third-order valence-corrected chi connectivity index (χ3v) is 2.68. The van der Waals surface area contributed by atoms with Crippen LogP contribution < -0.4 is 5.32 Å². The number of amides is 1. The van der Waals surface area contributed by atoms with Crippen molar-refractivity contribution in [2.24, 2.45) is 0 Å². The van der Waals surface area contributed by atoms with Gasteiger partial charge in [0.05, 0.1) is 5.56 Å². The average molecular weight is 208 g/mol. The van der Waals surface area contributed by atoms with E-state index in [0.29, 0.717) is 5.56 Å². The maximum atomic E-state index is 12.5. The van der Waals surface area contributed by atoms with Gasteiger partial charge in [0.2, 0.25) is 5.95 Å². The Kier molecular flexibility index (Phi) is 2.94. The van der Waals surface area contributed by atoms with E-state index in [0.717, 1.165) is 12.8 Å². The first kappa shape index (κ1) is 10.1. The van der Waals surface area contributed by atoms with Gasteiger partial charge < -0.3 is 5.32 Å². The fraction of sp³-hybridized carbons (Fsp3) is 0.455. The number of rotatable bonds is 2. The summed E-state index contributed by atoms with van der Waals surface area (Å²) in [4.78, 5) is 15.1. The Labute approximate surface area is 87.7 Å². The second-order valence-electron chi connectivity index (χ2n) is 3.82. The number of pyridine rings is 1. The van der Waals surface area contributed by atoms with E-state index in [9.17, 15) is 9.18 Å². The van der Waals surface area contributed by atoms with Gasteiger partial charge >= 0.3 is 0 Å². The normalized spacial score (nSPS) is 16.6. The molecule has 1 saturated carbocycles. The topological polar surface area (TPSA) is 42.0 Å². The molecule has 1 N–H and O–H groups in total. The van der Waals surface area contributed by atoms with Crippen LogP contribution in [0.2, 0.25) is 0 Å². The number of hydrogen-bond acceptors (Lipinski definition) is 2. The summed E-state index contributed by atoms with van der Waals surface area (Å²) in [6, 6.07) is 2.93. The molecule has 0 radical (unpaired) electrons. The van der Waals surface area contributed by atoms with Crippen molar-refractivity contribution in [1.82, 2.24) is 10.3 Å². The summed E-state index contributed by atoms with van der Waals surface area (Å²) in [5.41, 5.74) is 0.420. The molecule has 0 aliphatic heterocycles. The van der Waals surface area contributed by atoms with Gasteiger partial charge in [-0.05, 0) is 25.0 Å². The fourth-order valence-electron chi connectivity index (χ4n) is 1.85. The lowest BCUT2D eigenvalue weighted by molar-refractivity contribution is 0.0937. The van der Waals surface area contributed by atoms with Gasteiger partial charge in [0, 0.05) is 12.2 Å². The van der Waals surface area contributed by atoms with E-state index in [1.807, 2.05) is 0 Å². The number of halogens is 1. The molecule has 0 atom stereocenters. The predicted molar refractivity (Wildman–Crippen MR) is 53.9 cm³/mol. The number of hydrogen-bond donors (Lipinski definition) is 1. The Hall–Kier alpha value is -1.45. The zero-order valence-electron chi connectivity index (χ0n) is 8.37. The Morgan fingerprint density at radius 2 is 2.13 bits per heavy atom. The number of carbonyl (C=O) groups excluding carboxylic acids is 1. The average Bonchev–Trinajstić information content (AvgIpc) is 2.71. The van der Waals surface area contributed by atoms with Crippen molar-refractivity contribution in [3.8, 4) is 0 Å². The third kappa shape index (κ3) is 2.52. The van der Waals surface area contributed by atoms with Gasteiger partial charge in [-0.2, -0.15) is 4.39 Å². The van der Waals surface area contributed by atoms with Crippen molar-refractivity contribution in [3.05, 3.63) is 29.8 Å². The molecule has 2 rings (SSSR count). The van der Waals surface area contributed by atoms with Crippen LogP contribution in [0, 0.1) is 5.95 Å². The second-order valence-corrected chi connectivity index (χ2v) is 3.82. The molecule has 80 valence electrons. The van der Waals surface area contributed by atoms with E-state index < -0.39 is 5.95 Å². The van der Waals surface area contributed by atoms with Gasteiger partial charge in [0.1, 0.15) is 0 Å². The number of carbonyl (C=O) groups is 1. The first-order valence-corrected chi connectivity index (χ1v) is 5.18. The number of aromatic nitrogens is 1. The highest BCUT2D eigenvalue weighted by atomic mass is 19.1. The number of nitrogens with zero attached hydrogens (tertiary/aromatic N) is 1. The van der Waals surface area contributed by atoms with Crippen LogP contribution in [-0.4, -0.2) is 16.9 Å². The van der Waals surface area contributed by atoms with E-state index >= 15 is 0 Å². The van der Waals surface area contributed by atoms with E-state index in [-0.39, 0.29) is 11.9 Å². The molecule has 1 fully saturated rings. The summed E-state index contributed by atoms with van der Waals surface area (Å²) in [6.07, 6.45) is 5.69. The molecule has 0 spiro atoms. The molecule has 1 aromatic rings. The summed E-state index contributed by atoms with van der Waals surface area (Å²) in [5.74, 6) is -0.721. The summed E-state index contributed by atoms with van der Waals surface area (Å²) in [7, 11) is 0. The van der Waals surface area contributed by atoms with Crippen LogP contribution >= 0.6 is 0 Å². The first-order chi connectivity index (χ1) is 7.25. The van der Waals surface area contributed by atoms with Gasteiger partial charge in [0.15, 0.2) is 0 Å². The van der Waals surface area contributed by atoms with Crippen LogP contribution in [0.3, 0.4) is 0 Å². The van der Waals surface area contributed by atoms with Crippen LogP contribution in [-0.2, 0) is 0 Å². The fourth-order valence-corrected chi connectivity index (χ4v) is 1.85. The Morgan fingerprint density at radius 1 is 1.40 bits per heavy atom. The minimum atomic E-state index is -0.563. The van der Waals surface area contributed by atoms with Crippen LogP contribution in [0.1, 0.15) is 36.0 Å². The zero-order valence-corrected chi connectivity index (χ0v) is 8.37. The Bertz CT molecular complexity index is 344. The summed E-state index contributed by atoms with van der Waals surface area (Å²) >= 11 is 0. The summed E-state index contributed by atoms with van der Waals surface area (Å²) in [5, 5.41) is 2.91. The molecule has 0 bridgehead atoms. The smallest absolute Gasteiger partial charge is 0.253 e. The van der Waals surface area contributed by atoms with Gasteiger partial charge in [-0.25, -0.2) is 4.98 Å². The molecule has 1 aromatic heterocycles. The zero-order chi connectivity index (χ0) is 10.7. The highest BCUT2D eigenvalue weighted by Crippen LogP contribution is 2.17. The molecule has 1 aliphatic rings. The standard InChI is InChI=1S/C11H13FN2O/c12-10-6-5-8(7-13-10)11(15)14-9-3-1-2-4-9/h5-7,9H,1-4H2,(H,14,15). The largest absolute Gasteiger partial charge is 0.349 e. The quantitative estimate of drug-likeness (QED) is 0.754. The van der Waals surface area contributed by atoms with E-state index in [1.165, 1.54) is 31.2 Å². The summed E-state index contributed by atoms with van der Waals surface area (Å²) < 4.78 is 12.5. The maximum absolute atomic E-state index is 12.5. The lowest BCUT2D eigenvalue weighted by Gasteiger charge is -2.11. The van der Waals surface area contributed by atoms with Crippen LogP contribution in [0.25, 0.3) is 0 Å². The predicted octanol–water partition coefficient (Wildman–Crippen LogP) is 1.89. The molecular weight excluding hydrogens is 195 g/mol. The van der Waals surface area contributed by atoms with E-state index in [4.69, 9.17) is 0 Å². The molecule has 0 unspecified atom stereocenters. The Balaban J connectivity index is 1.98. The highest BCUT2D eigenvalue weighted by molar-refractivity contribution is 5.94. The summed E-state index contributed by atoms with van der Waals surface area (Å²) in [6.45, 7) is 0. The van der Waals surface area contributed by atoms with Crippen molar-refractivity contribution in [3.63, 3.8) is 0 Å². The van der Waals surface area contributed by atoms with Gasteiger partial charge in [-0.1, -0.05) is 12.8 Å². The van der Waals surface area contributed by atoms with Crippen molar-refractivity contribution >= 4 is 5.91 Å². The number of nitrogens with one attached hydrogen (secondary N) is 1. The molecule has 1 amide bonds. The first-order valence-electron chi connectivity index (χ1n) is 5.18. The molecule has 1 aliphatic carbocycles. The second kappa shape index (κ2) is 4.38. The SMILES string of the molecule is O=C(NC1CCCC1)c1ccc(F)nc1. The molecule has 0 aromatic carbocycles. The highest BCUT2D eigenvalue weighted by Gasteiger charge is 2.17. The lowest BCUT2D eigenvalue weighted by Crippen LogP contribution is -2.32. The van der Waals surface area contributed by atoms with Gasteiger partial charge in [-0.3, -0.25) is 4.79 Å². The molecule has 15 heavy (non-hydrogen) atoms. The van der Waals surface area contributed by atoms with Crippen LogP contribution in [0.4, 0.5) is 4.39 Å². The molecule has 3 nitrogen and oxygen atoms in total. The van der Waals surface area contributed by atoms with Crippen molar-refractivity contribution in [2.45, 2.75) is 31.7 Å². The van der Waals surface area contributed by atoms with Crippen molar-refractivity contribution in [1.29, 1.82) is 0 Å². The van der Waals surface area contributed by atoms with E-state index in [2.05, 4.69) is 10.3 Å². The van der Waals surface area contributed by atoms with Gasteiger partial charge in [-0.15, -0.1) is 0 Å². The molecular formula is C11H13FN2O. The lowest BCUT2D eigenvalue weighted by atomic mass is 10.2. The molecule has 0 saturated heterocycles. The van der Waals surface area contributed by atoms with E-state index in [1.54, 1.807) is 0 Å². The van der Waals surface area contributed by atoms with Crippen LogP contribution in [0.5, 0.6) is 0 Å². The van der Waals surface area contributed by atoms with Crippen LogP contribution in [0.15, 0.2) is 18.3 Å². The molecule has 4 heteroatoms. The van der Waals surface area contributed by atoms with Crippen molar-refractivity contribution < 1.29 is 9.18 Å². The maximum Gasteiger partial charge on any atom is 0.253 e. The minimum Gasteiger partial charge on any atom is -0.349 e. The van der Waals surface area contributed by atoms with Crippen molar-refractivity contribution in [2.75, 3.05) is 0 Å². The monoisotopic (exact) mass is 208 g/mol. The Morgan fingerprint density at radius 3 is 2.73 bits per heavy atom. The molecule has 1 heterocycles. The van der Waals surface area contributed by atoms with Gasteiger partial charge in [0.25, 0.3) is 5.91 Å².